The van der Waals surface area contributed by atoms with E-state index < -0.39 is 33.8 Å². The Hall–Kier alpha value is -3.41. The zero-order valence-electron chi connectivity index (χ0n) is 21.3. The molecule has 0 saturated carbocycles. The minimum Gasteiger partial charge on any atom is -0.465 e. The van der Waals surface area contributed by atoms with E-state index in [1.165, 1.54) is 41.4 Å². The number of benzene rings is 3. The second-order valence-corrected chi connectivity index (χ2v) is 11.8. The fourth-order valence-corrected chi connectivity index (χ4v) is 6.72. The van der Waals surface area contributed by atoms with Crippen LogP contribution in [0.25, 0.3) is 10.8 Å². The molecule has 0 aromatic heterocycles. The summed E-state index contributed by atoms with van der Waals surface area (Å²) in [4.78, 5) is 41.2. The van der Waals surface area contributed by atoms with Gasteiger partial charge in [-0.2, -0.15) is 16.9 Å². The number of likely N-dealkylation sites (N-methyl/N-ethyl adjacent to an activating group) is 2. The van der Waals surface area contributed by atoms with Crippen LogP contribution in [0.5, 0.6) is 0 Å². The Morgan fingerprint density at radius 2 is 1.66 bits per heavy atom. The van der Waals surface area contributed by atoms with Crippen LogP contribution in [-0.2, 0) is 24.3 Å². The van der Waals surface area contributed by atoms with Gasteiger partial charge in [0.1, 0.15) is 6.04 Å². The molecule has 0 aliphatic carbocycles. The number of thiol groups is 1. The van der Waals surface area contributed by atoms with Crippen LogP contribution in [0.3, 0.4) is 0 Å². The normalized spacial score (nSPS) is 17.8. The van der Waals surface area contributed by atoms with E-state index in [0.717, 1.165) is 10.8 Å². The lowest BCUT2D eigenvalue weighted by Gasteiger charge is -2.28. The molecule has 0 spiro atoms. The van der Waals surface area contributed by atoms with Gasteiger partial charge in [-0.15, -0.1) is 0 Å². The number of fused-ring (bicyclic) bond motifs is 1. The summed E-state index contributed by atoms with van der Waals surface area (Å²) < 4.78 is 33.2. The monoisotopic (exact) mass is 555 g/mol. The Labute approximate surface area is 227 Å². The first-order chi connectivity index (χ1) is 18.0. The lowest BCUT2D eigenvalue weighted by atomic mass is 10.1. The van der Waals surface area contributed by atoms with Crippen LogP contribution in [0.1, 0.15) is 16.8 Å². The van der Waals surface area contributed by atoms with E-state index in [2.05, 4.69) is 12.6 Å². The summed E-state index contributed by atoms with van der Waals surface area (Å²) >= 11 is 4.47. The fraction of sp³-hybridized carbons (Fsp3) is 0.296. The first kappa shape index (κ1) is 27.6. The Bertz CT molecular complexity index is 1490. The number of carbonyl (C=O) groups excluding carboxylic acids is 3. The van der Waals surface area contributed by atoms with Crippen molar-refractivity contribution in [1.82, 2.24) is 9.21 Å². The van der Waals surface area contributed by atoms with Crippen LogP contribution < -0.4 is 4.90 Å². The summed E-state index contributed by atoms with van der Waals surface area (Å²) in [5.74, 6) is -1.56. The fourth-order valence-electron chi connectivity index (χ4n) is 4.56. The number of amides is 2. The van der Waals surface area contributed by atoms with Gasteiger partial charge >= 0.3 is 5.97 Å². The van der Waals surface area contributed by atoms with Crippen LogP contribution in [0.4, 0.5) is 5.69 Å². The van der Waals surface area contributed by atoms with Gasteiger partial charge in [0, 0.05) is 25.9 Å². The van der Waals surface area contributed by atoms with Crippen molar-refractivity contribution in [2.24, 2.45) is 0 Å². The van der Waals surface area contributed by atoms with Gasteiger partial charge in [-0.25, -0.2) is 13.2 Å². The largest absolute Gasteiger partial charge is 0.465 e. The number of esters is 1. The highest BCUT2D eigenvalue weighted by Gasteiger charge is 2.44. The Balaban J connectivity index is 1.53. The number of hydrogen-bond donors (Lipinski definition) is 1. The van der Waals surface area contributed by atoms with E-state index in [1.807, 2.05) is 24.3 Å². The summed E-state index contributed by atoms with van der Waals surface area (Å²) in [7, 11) is 0.195. The predicted molar refractivity (Wildman–Crippen MR) is 148 cm³/mol. The molecule has 0 radical (unpaired) electrons. The first-order valence-corrected chi connectivity index (χ1v) is 13.9. The molecule has 11 heteroatoms. The van der Waals surface area contributed by atoms with Crippen molar-refractivity contribution in [3.05, 3.63) is 72.3 Å². The molecule has 0 bridgehead atoms. The Morgan fingerprint density at radius 1 is 1.00 bits per heavy atom. The van der Waals surface area contributed by atoms with Crippen molar-refractivity contribution in [2.75, 3.05) is 39.2 Å². The molecule has 4 rings (SSSR count). The van der Waals surface area contributed by atoms with E-state index >= 15 is 0 Å². The number of ether oxygens (including phenoxy) is 1. The zero-order chi connectivity index (χ0) is 27.6. The van der Waals surface area contributed by atoms with Gasteiger partial charge in [-0.05, 0) is 41.5 Å². The number of hydrogen-bond acceptors (Lipinski definition) is 7. The third-order valence-electron chi connectivity index (χ3n) is 6.64. The minimum absolute atomic E-state index is 0.0723. The summed E-state index contributed by atoms with van der Waals surface area (Å²) in [5, 5.41) is 1.35. The average molecular weight is 556 g/mol. The standard InChI is InChI=1S/C27H29N3O6S2/c1-28(17-25(31)29(2)23-11-7-6-10-22(23)27(33)36-3)26(32)24-15-20(37)16-30(24)38(34,35)21-13-12-18-8-4-5-9-19(18)14-21/h4-14,20,24,37H,15-17H2,1-3H3. The van der Waals surface area contributed by atoms with Crippen LogP contribution in [0.2, 0.25) is 0 Å². The van der Waals surface area contributed by atoms with Crippen LogP contribution in [-0.4, -0.2) is 81.0 Å². The van der Waals surface area contributed by atoms with Gasteiger partial charge in [0.25, 0.3) is 0 Å². The summed E-state index contributed by atoms with van der Waals surface area (Å²) in [6.07, 6.45) is 0.217. The number of sulfonamides is 1. The highest BCUT2D eigenvalue weighted by atomic mass is 32.2. The van der Waals surface area contributed by atoms with Crippen molar-refractivity contribution >= 4 is 56.9 Å². The molecule has 1 saturated heterocycles. The molecule has 1 aliphatic rings. The topological polar surface area (TPSA) is 104 Å². The number of nitrogens with zero attached hydrogens (tertiary/aromatic N) is 3. The quantitative estimate of drug-likeness (QED) is 0.355. The van der Waals surface area contributed by atoms with Crippen LogP contribution >= 0.6 is 12.6 Å². The molecule has 2 atom stereocenters. The molecule has 3 aromatic rings. The molecule has 200 valence electrons. The summed E-state index contributed by atoms with van der Waals surface area (Å²) in [6, 6.07) is 17.8. The zero-order valence-corrected chi connectivity index (χ0v) is 23.0. The van der Waals surface area contributed by atoms with Crippen molar-refractivity contribution in [1.29, 1.82) is 0 Å². The van der Waals surface area contributed by atoms with Gasteiger partial charge in [0.05, 0.1) is 29.8 Å². The van der Waals surface area contributed by atoms with E-state index in [4.69, 9.17) is 4.74 Å². The highest BCUT2D eigenvalue weighted by Crippen LogP contribution is 2.31. The van der Waals surface area contributed by atoms with Crippen LogP contribution in [0, 0.1) is 0 Å². The number of para-hydroxylation sites is 1. The van der Waals surface area contributed by atoms with Gasteiger partial charge < -0.3 is 14.5 Å². The molecule has 1 heterocycles. The molecule has 2 unspecified atom stereocenters. The van der Waals surface area contributed by atoms with Crippen molar-refractivity contribution in [3.63, 3.8) is 0 Å². The van der Waals surface area contributed by atoms with Crippen molar-refractivity contribution in [2.45, 2.75) is 22.6 Å². The maximum absolute atomic E-state index is 13.6. The van der Waals surface area contributed by atoms with E-state index in [0.29, 0.717) is 5.69 Å². The molecule has 9 nitrogen and oxygen atoms in total. The number of rotatable bonds is 7. The van der Waals surface area contributed by atoms with E-state index in [1.54, 1.807) is 36.4 Å². The van der Waals surface area contributed by atoms with E-state index in [9.17, 15) is 22.8 Å². The maximum Gasteiger partial charge on any atom is 0.339 e. The minimum atomic E-state index is -4.01. The van der Waals surface area contributed by atoms with Gasteiger partial charge in [0.15, 0.2) is 0 Å². The summed E-state index contributed by atoms with van der Waals surface area (Å²) in [6.45, 7) is -0.245. The van der Waals surface area contributed by atoms with E-state index in [-0.39, 0.29) is 35.2 Å². The molecular weight excluding hydrogens is 526 g/mol. The van der Waals surface area contributed by atoms with Gasteiger partial charge in [-0.3, -0.25) is 9.59 Å². The predicted octanol–water partition coefficient (Wildman–Crippen LogP) is 2.81. The average Bonchev–Trinajstić information content (AvgIpc) is 3.33. The Morgan fingerprint density at radius 3 is 2.37 bits per heavy atom. The summed E-state index contributed by atoms with van der Waals surface area (Å²) in [5.41, 5.74) is 0.545. The Kier molecular flexibility index (Phi) is 8.10. The SMILES string of the molecule is COC(=O)c1ccccc1N(C)C(=O)CN(C)C(=O)C1CC(S)CN1S(=O)(=O)c1ccc2ccccc2c1. The highest BCUT2D eigenvalue weighted by molar-refractivity contribution is 7.89. The molecule has 38 heavy (non-hydrogen) atoms. The lowest BCUT2D eigenvalue weighted by Crippen LogP contribution is -2.49. The smallest absolute Gasteiger partial charge is 0.339 e. The number of methoxy groups -OCH3 is 1. The second-order valence-electron chi connectivity index (χ2n) is 9.14. The third-order valence-corrected chi connectivity index (χ3v) is 8.88. The van der Waals surface area contributed by atoms with Gasteiger partial charge in [0.2, 0.25) is 21.8 Å². The van der Waals surface area contributed by atoms with Gasteiger partial charge in [-0.1, -0.05) is 42.5 Å². The molecule has 2 amide bonds. The molecule has 1 fully saturated rings. The van der Waals surface area contributed by atoms with Crippen LogP contribution in [0.15, 0.2) is 71.6 Å². The number of carbonyl (C=O) groups is 3. The van der Waals surface area contributed by atoms with Crippen molar-refractivity contribution < 1.29 is 27.5 Å². The molecular formula is C27H29N3O6S2. The maximum atomic E-state index is 13.6. The molecule has 3 aromatic carbocycles. The molecule has 1 aliphatic heterocycles. The third kappa shape index (κ3) is 5.40. The molecule has 0 N–H and O–H groups in total. The second kappa shape index (κ2) is 11.1. The van der Waals surface area contributed by atoms with Crippen molar-refractivity contribution in [3.8, 4) is 0 Å². The number of anilines is 1. The first-order valence-electron chi connectivity index (χ1n) is 11.9. The lowest BCUT2D eigenvalue weighted by molar-refractivity contribution is -0.136.